The van der Waals surface area contributed by atoms with Crippen LogP contribution in [0, 0.1) is 62.6 Å². The highest BCUT2D eigenvalue weighted by Gasteiger charge is 2.70. The smallest absolute Gasteiger partial charge is 0.0235 e. The first-order valence-corrected chi connectivity index (χ1v) is 16.4. The minimum Gasteiger partial charge on any atom is -0.0654 e. The SMILES string of the molecule is CCCCCCC(C)C1CC[C@]2(C)[C@H]3CC[C@@H]4[C@@]5(C)CCCC(C)(C)[C@@H]5CC[C@@]4(C)[C@]3(C)CC[C@@H]12. The molecule has 0 spiro atoms. The molecule has 0 amide bonds. The molecular weight excluding hydrogens is 420 g/mol. The number of unbranched alkanes of at least 4 members (excludes halogenated alkanes) is 3. The van der Waals surface area contributed by atoms with E-state index < -0.39 is 0 Å². The zero-order valence-corrected chi connectivity index (χ0v) is 25.3. The van der Waals surface area contributed by atoms with E-state index >= 15 is 0 Å². The van der Waals surface area contributed by atoms with E-state index in [-0.39, 0.29) is 0 Å². The fourth-order valence-corrected chi connectivity index (χ4v) is 13.1. The summed E-state index contributed by atoms with van der Waals surface area (Å²) in [6.45, 7) is 21.5. The molecule has 0 aliphatic heterocycles. The molecule has 35 heavy (non-hydrogen) atoms. The maximum Gasteiger partial charge on any atom is -0.0235 e. The molecule has 10 atom stereocenters. The highest BCUT2D eigenvalue weighted by molar-refractivity contribution is 5.19. The van der Waals surface area contributed by atoms with Crippen LogP contribution in [0.25, 0.3) is 0 Å². The third-order valence-electron chi connectivity index (χ3n) is 15.0. The van der Waals surface area contributed by atoms with Gasteiger partial charge in [0, 0.05) is 0 Å². The minimum atomic E-state index is 0.557. The Morgan fingerprint density at radius 1 is 0.629 bits per heavy atom. The van der Waals surface area contributed by atoms with Gasteiger partial charge in [0.05, 0.1) is 0 Å². The van der Waals surface area contributed by atoms with Crippen LogP contribution in [0.15, 0.2) is 0 Å². The molecule has 0 bridgehead atoms. The lowest BCUT2D eigenvalue weighted by Gasteiger charge is -2.73. The van der Waals surface area contributed by atoms with Gasteiger partial charge in [0.2, 0.25) is 0 Å². The third-order valence-corrected chi connectivity index (χ3v) is 15.0. The van der Waals surface area contributed by atoms with E-state index in [0.29, 0.717) is 27.1 Å². The summed E-state index contributed by atoms with van der Waals surface area (Å²) >= 11 is 0. The zero-order valence-electron chi connectivity index (χ0n) is 25.3. The van der Waals surface area contributed by atoms with Gasteiger partial charge in [0.15, 0.2) is 0 Å². The Kier molecular flexibility index (Phi) is 6.87. The molecule has 0 N–H and O–H groups in total. The van der Waals surface area contributed by atoms with Gasteiger partial charge in [0.1, 0.15) is 0 Å². The highest BCUT2D eigenvalue weighted by Crippen LogP contribution is 2.78. The van der Waals surface area contributed by atoms with Crippen LogP contribution in [0.5, 0.6) is 0 Å². The van der Waals surface area contributed by atoms with E-state index in [1.54, 1.807) is 19.3 Å². The van der Waals surface area contributed by atoms with Gasteiger partial charge >= 0.3 is 0 Å². The van der Waals surface area contributed by atoms with Crippen LogP contribution in [0.2, 0.25) is 0 Å². The van der Waals surface area contributed by atoms with Gasteiger partial charge in [-0.3, -0.25) is 0 Å². The molecule has 5 aliphatic carbocycles. The molecule has 0 aromatic carbocycles. The Balaban J connectivity index is 1.38. The molecule has 5 fully saturated rings. The van der Waals surface area contributed by atoms with Crippen LogP contribution in [0.3, 0.4) is 0 Å². The minimum absolute atomic E-state index is 0.557. The fraction of sp³-hybridized carbons (Fsp3) is 1.00. The van der Waals surface area contributed by atoms with Crippen molar-refractivity contribution < 1.29 is 0 Å². The summed E-state index contributed by atoms with van der Waals surface area (Å²) in [5.74, 6) is 5.88. The first kappa shape index (κ1) is 26.6. The van der Waals surface area contributed by atoms with Gasteiger partial charge < -0.3 is 0 Å². The molecule has 5 rings (SSSR count). The number of hydrogen-bond donors (Lipinski definition) is 0. The van der Waals surface area contributed by atoms with Gasteiger partial charge in [-0.05, 0) is 127 Å². The van der Waals surface area contributed by atoms with Crippen molar-refractivity contribution in [2.75, 3.05) is 0 Å². The topological polar surface area (TPSA) is 0 Å². The van der Waals surface area contributed by atoms with Gasteiger partial charge in [0.25, 0.3) is 0 Å². The molecule has 0 nitrogen and oxygen atoms in total. The lowest BCUT2D eigenvalue weighted by Crippen LogP contribution is -2.65. The Bertz CT molecular complexity index is 764. The van der Waals surface area contributed by atoms with Crippen LogP contribution in [-0.2, 0) is 0 Å². The predicted octanol–water partition coefficient (Wildman–Crippen LogP) is 11.1. The van der Waals surface area contributed by atoms with Gasteiger partial charge in [-0.1, -0.05) is 93.9 Å². The van der Waals surface area contributed by atoms with Crippen molar-refractivity contribution in [1.29, 1.82) is 0 Å². The van der Waals surface area contributed by atoms with E-state index in [4.69, 9.17) is 0 Å². The molecule has 0 saturated heterocycles. The Morgan fingerprint density at radius 2 is 1.29 bits per heavy atom. The molecule has 0 heteroatoms. The molecule has 5 aliphatic rings. The summed E-state index contributed by atoms with van der Waals surface area (Å²) in [5, 5.41) is 0. The number of fused-ring (bicyclic) bond motifs is 7. The van der Waals surface area contributed by atoms with Crippen LogP contribution < -0.4 is 0 Å². The largest absolute Gasteiger partial charge is 0.0654 e. The number of hydrogen-bond acceptors (Lipinski definition) is 0. The average molecular weight is 483 g/mol. The van der Waals surface area contributed by atoms with Crippen molar-refractivity contribution in [3.8, 4) is 0 Å². The quantitative estimate of drug-likeness (QED) is 0.330. The summed E-state index contributed by atoms with van der Waals surface area (Å²) < 4.78 is 0. The summed E-state index contributed by atoms with van der Waals surface area (Å²) in [6, 6.07) is 0. The van der Waals surface area contributed by atoms with Crippen LogP contribution in [-0.4, -0.2) is 0 Å². The fourth-order valence-electron chi connectivity index (χ4n) is 13.1. The van der Waals surface area contributed by atoms with Crippen molar-refractivity contribution in [3.63, 3.8) is 0 Å². The summed E-state index contributed by atoms with van der Waals surface area (Å²) in [4.78, 5) is 0. The molecule has 202 valence electrons. The maximum absolute atomic E-state index is 2.84. The Labute approximate surface area is 220 Å². The lowest BCUT2D eigenvalue weighted by molar-refractivity contribution is -0.241. The van der Waals surface area contributed by atoms with Crippen molar-refractivity contribution in [2.45, 2.75) is 158 Å². The second-order valence-corrected chi connectivity index (χ2v) is 16.6. The molecule has 5 saturated carbocycles. The second kappa shape index (κ2) is 9.04. The standard InChI is InChI=1S/C35H62/c1-9-10-11-12-14-25(2)26-17-22-32(5)27(26)18-23-34(7)29(32)15-16-30-33(6)21-13-20-31(3,4)28(33)19-24-35(30,34)8/h25-30H,9-24H2,1-8H3/t25?,26?,27-,28-,29+,30+,32-,33-,34+,35+/m0/s1. The van der Waals surface area contributed by atoms with E-state index in [1.165, 1.54) is 83.5 Å². The average Bonchev–Trinajstić information content (AvgIpc) is 3.13. The van der Waals surface area contributed by atoms with Crippen LogP contribution in [0.1, 0.15) is 158 Å². The second-order valence-electron chi connectivity index (χ2n) is 16.6. The lowest BCUT2D eigenvalue weighted by atomic mass is 9.32. The maximum atomic E-state index is 2.84. The molecule has 2 unspecified atom stereocenters. The van der Waals surface area contributed by atoms with Gasteiger partial charge in [-0.15, -0.1) is 0 Å². The predicted molar refractivity (Wildman–Crippen MR) is 152 cm³/mol. The summed E-state index contributed by atoms with van der Waals surface area (Å²) in [6.07, 6.45) is 24.0. The van der Waals surface area contributed by atoms with Gasteiger partial charge in [-0.2, -0.15) is 0 Å². The third kappa shape index (κ3) is 3.78. The van der Waals surface area contributed by atoms with Crippen molar-refractivity contribution in [1.82, 2.24) is 0 Å². The first-order chi connectivity index (χ1) is 16.4. The van der Waals surface area contributed by atoms with E-state index in [0.717, 1.165) is 35.5 Å². The molecular formula is C35H62. The van der Waals surface area contributed by atoms with Crippen LogP contribution in [0.4, 0.5) is 0 Å². The molecule has 0 heterocycles. The normalized spacial score (nSPS) is 51.6. The van der Waals surface area contributed by atoms with E-state index in [2.05, 4.69) is 55.4 Å². The summed E-state index contributed by atoms with van der Waals surface area (Å²) in [7, 11) is 0. The Morgan fingerprint density at radius 3 is 1.97 bits per heavy atom. The van der Waals surface area contributed by atoms with Crippen molar-refractivity contribution in [2.24, 2.45) is 62.6 Å². The molecule has 0 radical (unpaired) electrons. The zero-order chi connectivity index (χ0) is 25.3. The Hall–Kier alpha value is 0. The van der Waals surface area contributed by atoms with Crippen molar-refractivity contribution >= 4 is 0 Å². The van der Waals surface area contributed by atoms with Crippen LogP contribution >= 0.6 is 0 Å². The number of rotatable bonds is 6. The van der Waals surface area contributed by atoms with Gasteiger partial charge in [-0.25, -0.2) is 0 Å². The molecule has 0 aromatic rings. The molecule has 0 aromatic heterocycles. The monoisotopic (exact) mass is 482 g/mol. The van der Waals surface area contributed by atoms with E-state index in [9.17, 15) is 0 Å². The van der Waals surface area contributed by atoms with Crippen molar-refractivity contribution in [3.05, 3.63) is 0 Å². The highest BCUT2D eigenvalue weighted by atomic mass is 14.7. The first-order valence-electron chi connectivity index (χ1n) is 16.4. The summed E-state index contributed by atoms with van der Waals surface area (Å²) in [5.41, 5.74) is 2.89. The van der Waals surface area contributed by atoms with E-state index in [1.807, 2.05) is 0 Å².